The zero-order valence-corrected chi connectivity index (χ0v) is 15.5. The molecule has 1 aromatic carbocycles. The van der Waals surface area contributed by atoms with Crippen molar-refractivity contribution in [2.75, 3.05) is 19.8 Å². The van der Waals surface area contributed by atoms with Crippen LogP contribution >= 0.6 is 0 Å². The third kappa shape index (κ3) is 6.10. The van der Waals surface area contributed by atoms with Crippen molar-refractivity contribution < 1.29 is 19.1 Å². The maximum absolute atomic E-state index is 12.1. The van der Waals surface area contributed by atoms with Gasteiger partial charge in [0, 0.05) is 12.6 Å². The zero-order chi connectivity index (χ0) is 18.8. The average Bonchev–Trinajstić information content (AvgIpc) is 2.84. The van der Waals surface area contributed by atoms with E-state index in [-0.39, 0.29) is 11.8 Å². The highest BCUT2D eigenvalue weighted by atomic mass is 16.5. The maximum atomic E-state index is 12.1. The molecule has 2 amide bonds. The third-order valence-corrected chi connectivity index (χ3v) is 4.01. The molecule has 0 spiro atoms. The lowest BCUT2D eigenvalue weighted by Gasteiger charge is -2.14. The standard InChI is InChI=1S/C20H28N2O4/c1-3-13-26-17-10-8-15(14-18(17)25-4-2)9-11-19(23)22-16-7-5-6-12-21-20(16)24/h8-11,14,16H,3-7,12-13H2,1-2H3,(H,21,24)(H,22,23). The van der Waals surface area contributed by atoms with Crippen LogP contribution in [0.2, 0.25) is 0 Å². The first-order valence-corrected chi connectivity index (χ1v) is 9.30. The van der Waals surface area contributed by atoms with E-state index >= 15 is 0 Å². The van der Waals surface area contributed by atoms with Crippen molar-refractivity contribution in [2.24, 2.45) is 0 Å². The second kappa shape index (κ2) is 10.5. The summed E-state index contributed by atoms with van der Waals surface area (Å²) in [5.41, 5.74) is 0.831. The minimum atomic E-state index is -0.460. The minimum absolute atomic E-state index is 0.111. The van der Waals surface area contributed by atoms with E-state index in [9.17, 15) is 9.59 Å². The topological polar surface area (TPSA) is 76.7 Å². The van der Waals surface area contributed by atoms with E-state index in [2.05, 4.69) is 10.6 Å². The Morgan fingerprint density at radius 1 is 1.27 bits per heavy atom. The lowest BCUT2D eigenvalue weighted by molar-refractivity contribution is -0.126. The van der Waals surface area contributed by atoms with Gasteiger partial charge in [-0.2, -0.15) is 0 Å². The van der Waals surface area contributed by atoms with Crippen LogP contribution in [-0.4, -0.2) is 37.6 Å². The van der Waals surface area contributed by atoms with Gasteiger partial charge in [0.05, 0.1) is 13.2 Å². The number of ether oxygens (including phenoxy) is 2. The highest BCUT2D eigenvalue weighted by Gasteiger charge is 2.21. The number of amides is 2. The molecule has 0 bridgehead atoms. The van der Waals surface area contributed by atoms with Gasteiger partial charge in [-0.1, -0.05) is 13.0 Å². The Morgan fingerprint density at radius 2 is 2.12 bits per heavy atom. The molecule has 1 fully saturated rings. The highest BCUT2D eigenvalue weighted by molar-refractivity contribution is 5.95. The van der Waals surface area contributed by atoms with Crippen molar-refractivity contribution >= 4 is 17.9 Å². The molecule has 6 nitrogen and oxygen atoms in total. The first-order chi connectivity index (χ1) is 12.6. The molecule has 1 unspecified atom stereocenters. The summed E-state index contributed by atoms with van der Waals surface area (Å²) in [4.78, 5) is 24.0. The molecular weight excluding hydrogens is 332 g/mol. The van der Waals surface area contributed by atoms with E-state index < -0.39 is 6.04 Å². The van der Waals surface area contributed by atoms with Gasteiger partial charge in [0.15, 0.2) is 11.5 Å². The molecular formula is C20H28N2O4. The number of carbonyl (C=O) groups excluding carboxylic acids is 2. The molecule has 2 rings (SSSR count). The summed E-state index contributed by atoms with van der Waals surface area (Å²) in [6.07, 6.45) is 6.60. The summed E-state index contributed by atoms with van der Waals surface area (Å²) in [7, 11) is 0. The fourth-order valence-corrected chi connectivity index (χ4v) is 2.70. The third-order valence-electron chi connectivity index (χ3n) is 4.01. The van der Waals surface area contributed by atoms with Gasteiger partial charge < -0.3 is 20.1 Å². The molecule has 1 atom stereocenters. The van der Waals surface area contributed by atoms with Crippen LogP contribution in [0.3, 0.4) is 0 Å². The monoisotopic (exact) mass is 360 g/mol. The molecule has 1 aliphatic rings. The van der Waals surface area contributed by atoms with E-state index in [1.54, 1.807) is 6.08 Å². The Kier molecular flexibility index (Phi) is 7.99. The Balaban J connectivity index is 2.00. The highest BCUT2D eigenvalue weighted by Crippen LogP contribution is 2.29. The number of rotatable bonds is 8. The Labute approximate surface area is 154 Å². The lowest BCUT2D eigenvalue weighted by atomic mass is 10.1. The van der Waals surface area contributed by atoms with Crippen LogP contribution in [0.5, 0.6) is 11.5 Å². The summed E-state index contributed by atoms with van der Waals surface area (Å²) in [6, 6.07) is 5.10. The molecule has 1 heterocycles. The zero-order valence-electron chi connectivity index (χ0n) is 15.5. The van der Waals surface area contributed by atoms with Crippen molar-refractivity contribution in [3.8, 4) is 11.5 Å². The normalized spacial score (nSPS) is 17.5. The van der Waals surface area contributed by atoms with Crippen LogP contribution in [0.25, 0.3) is 6.08 Å². The number of benzene rings is 1. The van der Waals surface area contributed by atoms with E-state index in [0.717, 1.165) is 24.8 Å². The molecule has 0 saturated carbocycles. The number of hydrogen-bond acceptors (Lipinski definition) is 4. The van der Waals surface area contributed by atoms with Gasteiger partial charge in [0.2, 0.25) is 11.8 Å². The summed E-state index contributed by atoms with van der Waals surface area (Å²) in [6.45, 7) is 5.80. The number of carbonyl (C=O) groups is 2. The molecule has 0 aliphatic carbocycles. The second-order valence-corrected chi connectivity index (χ2v) is 6.17. The van der Waals surface area contributed by atoms with Crippen molar-refractivity contribution in [1.82, 2.24) is 10.6 Å². The molecule has 26 heavy (non-hydrogen) atoms. The van der Waals surface area contributed by atoms with Crippen molar-refractivity contribution in [3.05, 3.63) is 29.8 Å². The summed E-state index contributed by atoms with van der Waals surface area (Å²) in [5.74, 6) is 0.966. The smallest absolute Gasteiger partial charge is 0.244 e. The summed E-state index contributed by atoms with van der Waals surface area (Å²) in [5, 5.41) is 5.57. The SMILES string of the molecule is CCCOc1ccc(C=CC(=O)NC2CCCCNC2=O)cc1OCC. The van der Waals surface area contributed by atoms with Crippen molar-refractivity contribution in [1.29, 1.82) is 0 Å². The van der Waals surface area contributed by atoms with Crippen molar-refractivity contribution in [3.63, 3.8) is 0 Å². The molecule has 0 aromatic heterocycles. The number of hydrogen-bond donors (Lipinski definition) is 2. The number of nitrogens with one attached hydrogen (secondary N) is 2. The molecule has 1 saturated heterocycles. The average molecular weight is 360 g/mol. The molecule has 2 N–H and O–H groups in total. The van der Waals surface area contributed by atoms with Gasteiger partial charge in [0.25, 0.3) is 0 Å². The molecule has 6 heteroatoms. The van der Waals surface area contributed by atoms with E-state index in [1.807, 2.05) is 32.0 Å². The van der Waals surface area contributed by atoms with E-state index in [0.29, 0.717) is 37.7 Å². The van der Waals surface area contributed by atoms with Gasteiger partial charge in [-0.25, -0.2) is 0 Å². The van der Waals surface area contributed by atoms with Crippen molar-refractivity contribution in [2.45, 2.75) is 45.6 Å². The minimum Gasteiger partial charge on any atom is -0.490 e. The fourth-order valence-electron chi connectivity index (χ4n) is 2.70. The van der Waals surface area contributed by atoms with E-state index in [1.165, 1.54) is 6.08 Å². The molecule has 0 radical (unpaired) electrons. The van der Waals surface area contributed by atoms with Crippen LogP contribution in [0.15, 0.2) is 24.3 Å². The summed E-state index contributed by atoms with van der Waals surface area (Å²) >= 11 is 0. The van der Waals surface area contributed by atoms with Crippen LogP contribution < -0.4 is 20.1 Å². The Hall–Kier alpha value is -2.50. The predicted octanol–water partition coefficient (Wildman–Crippen LogP) is 2.67. The maximum Gasteiger partial charge on any atom is 0.244 e. The Morgan fingerprint density at radius 3 is 2.88 bits per heavy atom. The van der Waals surface area contributed by atoms with E-state index in [4.69, 9.17) is 9.47 Å². The molecule has 142 valence electrons. The predicted molar refractivity (Wildman–Crippen MR) is 101 cm³/mol. The van der Waals surface area contributed by atoms with Gasteiger partial charge in [0.1, 0.15) is 6.04 Å². The first kappa shape index (κ1) is 19.8. The van der Waals surface area contributed by atoms with Gasteiger partial charge in [-0.15, -0.1) is 0 Å². The molecule has 1 aliphatic heterocycles. The van der Waals surface area contributed by atoms with Crippen LogP contribution in [0, 0.1) is 0 Å². The first-order valence-electron chi connectivity index (χ1n) is 9.30. The van der Waals surface area contributed by atoms with Crippen LogP contribution in [-0.2, 0) is 9.59 Å². The lowest BCUT2D eigenvalue weighted by Crippen LogP contribution is -2.44. The van der Waals surface area contributed by atoms with Crippen LogP contribution in [0.4, 0.5) is 0 Å². The quantitative estimate of drug-likeness (QED) is 0.699. The fraction of sp³-hybridized carbons (Fsp3) is 0.500. The largest absolute Gasteiger partial charge is 0.490 e. The summed E-state index contributed by atoms with van der Waals surface area (Å²) < 4.78 is 11.3. The van der Waals surface area contributed by atoms with Crippen LogP contribution in [0.1, 0.15) is 45.1 Å². The van der Waals surface area contributed by atoms with Gasteiger partial charge in [-0.3, -0.25) is 9.59 Å². The van der Waals surface area contributed by atoms with Gasteiger partial charge in [-0.05, 0) is 56.4 Å². The second-order valence-electron chi connectivity index (χ2n) is 6.17. The Bertz CT molecular complexity index is 643. The molecule has 1 aromatic rings. The van der Waals surface area contributed by atoms with Gasteiger partial charge >= 0.3 is 0 Å².